The Morgan fingerprint density at radius 1 is 0.667 bits per heavy atom. The van der Waals surface area contributed by atoms with Gasteiger partial charge in [-0.3, -0.25) is 0 Å². The number of allylic oxidation sites excluding steroid dienone is 6. The Kier molecular flexibility index (Phi) is 11.4. The smallest absolute Gasteiger partial charge is 0.0289 e. The van der Waals surface area contributed by atoms with E-state index in [0.717, 1.165) is 0 Å². The fourth-order valence-corrected chi connectivity index (χ4v) is 1.68. The number of benzene rings is 1. The van der Waals surface area contributed by atoms with Crippen molar-refractivity contribution in [2.45, 2.75) is 42.0 Å². The van der Waals surface area contributed by atoms with Crippen LogP contribution in [0.4, 0.5) is 0 Å². The van der Waals surface area contributed by atoms with Crippen molar-refractivity contribution in [2.75, 3.05) is 0 Å². The molecule has 0 fully saturated rings. The molecule has 0 nitrogen and oxygen atoms in total. The van der Waals surface area contributed by atoms with Crippen LogP contribution in [0.15, 0.2) is 66.8 Å². The Morgan fingerprint density at radius 2 is 1.11 bits per heavy atom. The molecule has 0 heterocycles. The van der Waals surface area contributed by atoms with Gasteiger partial charge in [0.05, 0.1) is 0 Å². The van der Waals surface area contributed by atoms with E-state index >= 15 is 0 Å². The normalized spacial score (nSPS) is 14.1. The molecule has 18 heavy (non-hydrogen) atoms. The first-order valence-electron chi connectivity index (χ1n) is 4.90. The van der Waals surface area contributed by atoms with Crippen LogP contribution in [-0.4, -0.2) is 0 Å². The van der Waals surface area contributed by atoms with Gasteiger partial charge >= 0.3 is 0 Å². The molecule has 1 aromatic rings. The van der Waals surface area contributed by atoms with Gasteiger partial charge in [0.15, 0.2) is 0 Å². The Labute approximate surface area is 115 Å². The van der Waals surface area contributed by atoms with Crippen molar-refractivity contribution in [3.8, 4) is 0 Å². The fourth-order valence-electron chi connectivity index (χ4n) is 1.68. The lowest BCUT2D eigenvalue weighted by Crippen LogP contribution is -2.14. The largest absolute Gasteiger partial charge is 0.0776 e. The van der Waals surface area contributed by atoms with Crippen LogP contribution >= 0.6 is 0 Å². The highest BCUT2D eigenvalue weighted by molar-refractivity contribution is 5.39. The lowest BCUT2D eigenvalue weighted by Gasteiger charge is -2.21. The maximum Gasteiger partial charge on any atom is 0.0289 e. The molecule has 0 spiro atoms. The molecular weight excluding hydrogens is 216 g/mol. The van der Waals surface area contributed by atoms with Crippen molar-refractivity contribution in [2.24, 2.45) is 0 Å². The van der Waals surface area contributed by atoms with Crippen molar-refractivity contribution in [3.63, 3.8) is 0 Å². The Hall–Kier alpha value is -1.56. The number of rotatable bonds is 1. The van der Waals surface area contributed by atoms with Gasteiger partial charge in [-0.05, 0) is 12.5 Å². The van der Waals surface area contributed by atoms with Crippen LogP contribution in [0.5, 0.6) is 0 Å². The second-order valence-corrected chi connectivity index (χ2v) is 3.75. The number of hydrogen-bond acceptors (Lipinski definition) is 0. The summed E-state index contributed by atoms with van der Waals surface area (Å²) in [5.74, 6) is 0. The minimum Gasteiger partial charge on any atom is -0.0776 e. The second-order valence-electron chi connectivity index (χ2n) is 3.75. The van der Waals surface area contributed by atoms with Gasteiger partial charge in [-0.2, -0.15) is 0 Å². The van der Waals surface area contributed by atoms with Gasteiger partial charge in [0.25, 0.3) is 0 Å². The molecule has 0 saturated carbocycles. The van der Waals surface area contributed by atoms with Gasteiger partial charge in [-0.15, -0.1) is 0 Å². The summed E-state index contributed by atoms with van der Waals surface area (Å²) in [4.78, 5) is 0. The molecule has 0 saturated heterocycles. The maximum absolute atomic E-state index is 2.22. The standard InChI is InChI=1S/C14H14.4CH4/c1-14(11-7-2-3-8-12-14)13-9-5-4-6-10-13;;;;/h2-12H,1H3;4*1H4. The first kappa shape index (κ1) is 21.7. The zero-order valence-electron chi connectivity index (χ0n) is 8.35. The highest BCUT2D eigenvalue weighted by atomic mass is 14.2. The predicted octanol–water partition coefficient (Wildman–Crippen LogP) is 6.17. The first-order valence-corrected chi connectivity index (χ1v) is 4.90. The van der Waals surface area contributed by atoms with Crippen LogP contribution in [0, 0.1) is 0 Å². The third kappa shape index (κ3) is 4.75. The molecule has 0 aliphatic heterocycles. The summed E-state index contributed by atoms with van der Waals surface area (Å²) in [5.41, 5.74) is 1.36. The first-order chi connectivity index (χ1) is 6.81. The summed E-state index contributed by atoms with van der Waals surface area (Å²) in [6.45, 7) is 2.22. The van der Waals surface area contributed by atoms with Crippen molar-refractivity contribution in [1.82, 2.24) is 0 Å². The second kappa shape index (κ2) is 9.47. The van der Waals surface area contributed by atoms with Crippen molar-refractivity contribution >= 4 is 0 Å². The van der Waals surface area contributed by atoms with Crippen LogP contribution in [0.1, 0.15) is 42.2 Å². The van der Waals surface area contributed by atoms with Gasteiger partial charge in [-0.1, -0.05) is 96.5 Å². The summed E-state index contributed by atoms with van der Waals surface area (Å²) in [7, 11) is 0. The molecule has 0 amide bonds. The van der Waals surface area contributed by atoms with Gasteiger partial charge in [0.2, 0.25) is 0 Å². The van der Waals surface area contributed by atoms with E-state index in [4.69, 9.17) is 0 Å². The van der Waals surface area contributed by atoms with Gasteiger partial charge in [0, 0.05) is 5.41 Å². The quantitative estimate of drug-likeness (QED) is 0.555. The summed E-state index contributed by atoms with van der Waals surface area (Å²) in [6.07, 6.45) is 12.8. The molecule has 0 heteroatoms. The van der Waals surface area contributed by atoms with Crippen molar-refractivity contribution < 1.29 is 0 Å². The summed E-state index contributed by atoms with van der Waals surface area (Å²) >= 11 is 0. The Bertz CT molecular complexity index is 364. The Balaban J connectivity index is -0.000000562. The highest BCUT2D eigenvalue weighted by Crippen LogP contribution is 2.27. The summed E-state index contributed by atoms with van der Waals surface area (Å²) < 4.78 is 0. The van der Waals surface area contributed by atoms with E-state index in [0.29, 0.717) is 0 Å². The minimum absolute atomic E-state index is 0. The molecule has 0 bridgehead atoms. The van der Waals surface area contributed by atoms with E-state index in [1.807, 2.05) is 0 Å². The zero-order valence-corrected chi connectivity index (χ0v) is 8.35. The van der Waals surface area contributed by atoms with Crippen molar-refractivity contribution in [3.05, 3.63) is 72.4 Å². The molecule has 0 N–H and O–H groups in total. The molecule has 1 aliphatic carbocycles. The third-order valence-corrected chi connectivity index (χ3v) is 2.61. The molecule has 0 unspecified atom stereocenters. The lowest BCUT2D eigenvalue weighted by atomic mass is 9.82. The van der Waals surface area contributed by atoms with Crippen LogP contribution in [0.2, 0.25) is 0 Å². The Morgan fingerprint density at radius 3 is 1.56 bits per heavy atom. The van der Waals surface area contributed by atoms with E-state index in [-0.39, 0.29) is 35.1 Å². The van der Waals surface area contributed by atoms with E-state index in [9.17, 15) is 0 Å². The monoisotopic (exact) mass is 246 g/mol. The molecule has 102 valence electrons. The van der Waals surface area contributed by atoms with Crippen LogP contribution < -0.4 is 0 Å². The van der Waals surface area contributed by atoms with Crippen LogP contribution in [0.25, 0.3) is 0 Å². The average Bonchev–Trinajstić information content (AvgIpc) is 2.46. The topological polar surface area (TPSA) is 0 Å². The molecular formula is C18H30. The molecule has 0 aromatic heterocycles. The number of hydrogen-bond donors (Lipinski definition) is 0. The van der Waals surface area contributed by atoms with Crippen LogP contribution in [0.3, 0.4) is 0 Å². The molecule has 1 aliphatic rings. The van der Waals surface area contributed by atoms with E-state index in [2.05, 4.69) is 73.7 Å². The van der Waals surface area contributed by atoms with E-state index in [1.54, 1.807) is 0 Å². The summed E-state index contributed by atoms with van der Waals surface area (Å²) in [5, 5.41) is 0. The maximum atomic E-state index is 2.22. The summed E-state index contributed by atoms with van der Waals surface area (Å²) in [6, 6.07) is 10.6. The van der Waals surface area contributed by atoms with Gasteiger partial charge < -0.3 is 0 Å². The zero-order chi connectivity index (χ0) is 9.86. The highest BCUT2D eigenvalue weighted by Gasteiger charge is 2.19. The predicted molar refractivity (Wildman–Crippen MR) is 88.1 cm³/mol. The molecule has 1 aromatic carbocycles. The lowest BCUT2D eigenvalue weighted by molar-refractivity contribution is 0.759. The van der Waals surface area contributed by atoms with Crippen LogP contribution in [-0.2, 0) is 5.41 Å². The third-order valence-electron chi connectivity index (χ3n) is 2.61. The van der Waals surface area contributed by atoms with Crippen molar-refractivity contribution in [1.29, 1.82) is 0 Å². The van der Waals surface area contributed by atoms with Gasteiger partial charge in [0.1, 0.15) is 0 Å². The molecule has 0 atom stereocenters. The minimum atomic E-state index is 0. The SMILES string of the molecule is C.C.C.C.CC1(c2ccccc2)C=CC=CC=C1. The van der Waals surface area contributed by atoms with Gasteiger partial charge in [-0.25, -0.2) is 0 Å². The van der Waals surface area contributed by atoms with E-state index < -0.39 is 0 Å². The average molecular weight is 246 g/mol. The fraction of sp³-hybridized carbons (Fsp3) is 0.333. The molecule has 0 radical (unpaired) electrons. The van der Waals surface area contributed by atoms with E-state index in [1.165, 1.54) is 5.56 Å². The molecule has 2 rings (SSSR count).